The number of carbonyl (C=O) groups is 1. The molecule has 1 amide bonds. The second kappa shape index (κ2) is 6.13. The zero-order valence-electron chi connectivity index (χ0n) is 11.8. The van der Waals surface area contributed by atoms with Gasteiger partial charge in [-0.3, -0.25) is 14.9 Å². The first-order valence-electron chi connectivity index (χ1n) is 6.76. The van der Waals surface area contributed by atoms with Gasteiger partial charge in [0.25, 0.3) is 11.6 Å². The fourth-order valence-electron chi connectivity index (χ4n) is 2.21. The molecule has 0 fully saturated rings. The van der Waals surface area contributed by atoms with Gasteiger partial charge in [0.2, 0.25) is 0 Å². The highest BCUT2D eigenvalue weighted by Gasteiger charge is 2.23. The van der Waals surface area contributed by atoms with Gasteiger partial charge >= 0.3 is 0 Å². The van der Waals surface area contributed by atoms with Crippen molar-refractivity contribution < 1.29 is 14.5 Å². The molecule has 2 aromatic carbocycles. The summed E-state index contributed by atoms with van der Waals surface area (Å²) in [5.74, 6) is -0.0108. The molecule has 0 aliphatic carbocycles. The number of anilines is 2. The number of nitro groups is 1. The highest BCUT2D eigenvalue weighted by Crippen LogP contribution is 2.38. The van der Waals surface area contributed by atoms with Crippen LogP contribution in [0.1, 0.15) is 5.56 Å². The van der Waals surface area contributed by atoms with E-state index in [1.54, 1.807) is 12.1 Å². The minimum absolute atomic E-state index is 0.117. The summed E-state index contributed by atoms with van der Waals surface area (Å²) < 4.78 is 5.20. The van der Waals surface area contributed by atoms with Crippen LogP contribution in [-0.2, 0) is 11.3 Å². The molecule has 8 heteroatoms. The average molecular weight is 334 g/mol. The van der Waals surface area contributed by atoms with Crippen molar-refractivity contribution in [3.8, 4) is 5.75 Å². The average Bonchev–Trinajstić information content (AvgIpc) is 2.53. The number of hydrogen-bond acceptors (Lipinski definition) is 5. The molecule has 0 saturated carbocycles. The van der Waals surface area contributed by atoms with Gasteiger partial charge in [0.1, 0.15) is 5.69 Å². The molecule has 0 radical (unpaired) electrons. The van der Waals surface area contributed by atoms with Gasteiger partial charge in [-0.25, -0.2) is 0 Å². The van der Waals surface area contributed by atoms with Gasteiger partial charge in [-0.2, -0.15) is 0 Å². The van der Waals surface area contributed by atoms with Crippen LogP contribution in [0.2, 0.25) is 5.02 Å². The standard InChI is InChI=1S/C15H12ClN3O4/c16-10-3-1-9(2-4-10)7-17-11-5-12-14(6-13(11)19(21)22)23-8-15(20)18-12/h1-6,17H,7-8H2,(H,18,20). The van der Waals surface area contributed by atoms with Crippen LogP contribution in [0.4, 0.5) is 17.1 Å². The van der Waals surface area contributed by atoms with Crippen molar-refractivity contribution in [3.05, 3.63) is 57.1 Å². The lowest BCUT2D eigenvalue weighted by molar-refractivity contribution is -0.384. The SMILES string of the molecule is O=C1COc2cc([N+](=O)[O-])c(NCc3ccc(Cl)cc3)cc2N1. The number of amides is 1. The van der Waals surface area contributed by atoms with Gasteiger partial charge in [-0.1, -0.05) is 23.7 Å². The zero-order valence-corrected chi connectivity index (χ0v) is 12.6. The Morgan fingerprint density at radius 1 is 1.30 bits per heavy atom. The second-order valence-corrected chi connectivity index (χ2v) is 5.38. The molecule has 2 N–H and O–H groups in total. The Morgan fingerprint density at radius 3 is 2.74 bits per heavy atom. The summed E-state index contributed by atoms with van der Waals surface area (Å²) in [6.45, 7) is 0.229. The summed E-state index contributed by atoms with van der Waals surface area (Å²) >= 11 is 5.82. The van der Waals surface area contributed by atoms with Crippen molar-refractivity contribution >= 4 is 34.6 Å². The van der Waals surface area contributed by atoms with Crippen molar-refractivity contribution in [2.45, 2.75) is 6.54 Å². The number of nitrogens with one attached hydrogen (secondary N) is 2. The van der Waals surface area contributed by atoms with Crippen LogP contribution < -0.4 is 15.4 Å². The molecule has 2 aromatic rings. The molecule has 0 bridgehead atoms. The molecule has 23 heavy (non-hydrogen) atoms. The summed E-state index contributed by atoms with van der Waals surface area (Å²) in [6.07, 6.45) is 0. The maximum Gasteiger partial charge on any atom is 0.296 e. The quantitative estimate of drug-likeness (QED) is 0.662. The summed E-state index contributed by atoms with van der Waals surface area (Å²) in [4.78, 5) is 22.1. The summed E-state index contributed by atoms with van der Waals surface area (Å²) in [5, 5.41) is 17.5. The summed E-state index contributed by atoms with van der Waals surface area (Å²) in [6, 6.07) is 9.94. The molecular formula is C15H12ClN3O4. The molecule has 1 aliphatic rings. The van der Waals surface area contributed by atoms with Crippen LogP contribution in [0, 0.1) is 10.1 Å². The number of ether oxygens (including phenoxy) is 1. The molecule has 0 saturated heterocycles. The van der Waals surface area contributed by atoms with E-state index >= 15 is 0 Å². The van der Waals surface area contributed by atoms with Crippen molar-refractivity contribution in [2.24, 2.45) is 0 Å². The third-order valence-corrected chi connectivity index (χ3v) is 3.58. The Bertz CT molecular complexity index is 777. The number of halogens is 1. The predicted molar refractivity (Wildman–Crippen MR) is 86.0 cm³/mol. The van der Waals surface area contributed by atoms with Crippen molar-refractivity contribution in [1.82, 2.24) is 0 Å². The Labute approximate surface area is 136 Å². The maximum atomic E-state index is 11.4. The molecular weight excluding hydrogens is 322 g/mol. The molecule has 118 valence electrons. The van der Waals surface area contributed by atoms with E-state index in [-0.39, 0.29) is 24.0 Å². The van der Waals surface area contributed by atoms with Crippen LogP contribution in [0.15, 0.2) is 36.4 Å². The van der Waals surface area contributed by atoms with Gasteiger partial charge in [0, 0.05) is 11.6 Å². The summed E-state index contributed by atoms with van der Waals surface area (Å²) in [5.41, 5.74) is 1.51. The molecule has 3 rings (SSSR count). The van der Waals surface area contributed by atoms with Crippen molar-refractivity contribution in [2.75, 3.05) is 17.2 Å². The lowest BCUT2D eigenvalue weighted by atomic mass is 10.1. The second-order valence-electron chi connectivity index (χ2n) is 4.94. The molecule has 1 heterocycles. The fraction of sp³-hybridized carbons (Fsp3) is 0.133. The van der Waals surface area contributed by atoms with Crippen LogP contribution in [-0.4, -0.2) is 17.4 Å². The monoisotopic (exact) mass is 333 g/mol. The van der Waals surface area contributed by atoms with E-state index in [1.807, 2.05) is 12.1 Å². The Morgan fingerprint density at radius 2 is 2.04 bits per heavy atom. The van der Waals surface area contributed by atoms with E-state index in [0.717, 1.165) is 5.56 Å². The van der Waals surface area contributed by atoms with Gasteiger partial charge in [0.05, 0.1) is 16.7 Å². The van der Waals surface area contributed by atoms with Gasteiger partial charge in [0.15, 0.2) is 12.4 Å². The van der Waals surface area contributed by atoms with Gasteiger partial charge in [-0.05, 0) is 23.8 Å². The topological polar surface area (TPSA) is 93.5 Å². The highest BCUT2D eigenvalue weighted by atomic mass is 35.5. The first-order chi connectivity index (χ1) is 11.0. The lowest BCUT2D eigenvalue weighted by Gasteiger charge is -2.19. The van der Waals surface area contributed by atoms with Crippen molar-refractivity contribution in [1.29, 1.82) is 0 Å². The van der Waals surface area contributed by atoms with E-state index in [2.05, 4.69) is 10.6 Å². The van der Waals surface area contributed by atoms with E-state index < -0.39 is 4.92 Å². The zero-order chi connectivity index (χ0) is 16.4. The minimum Gasteiger partial charge on any atom is -0.481 e. The number of benzene rings is 2. The molecule has 7 nitrogen and oxygen atoms in total. The van der Waals surface area contributed by atoms with E-state index in [1.165, 1.54) is 12.1 Å². The van der Waals surface area contributed by atoms with Crippen LogP contribution >= 0.6 is 11.6 Å². The van der Waals surface area contributed by atoms with Crippen LogP contribution in [0.5, 0.6) is 5.75 Å². The Balaban J connectivity index is 1.87. The smallest absolute Gasteiger partial charge is 0.296 e. The predicted octanol–water partition coefficient (Wildman–Crippen LogP) is 3.19. The van der Waals surface area contributed by atoms with Crippen LogP contribution in [0.25, 0.3) is 0 Å². The fourth-order valence-corrected chi connectivity index (χ4v) is 2.33. The van der Waals surface area contributed by atoms with E-state index in [0.29, 0.717) is 22.9 Å². The lowest BCUT2D eigenvalue weighted by Crippen LogP contribution is -2.25. The minimum atomic E-state index is -0.496. The number of hydrogen-bond donors (Lipinski definition) is 2. The maximum absolute atomic E-state index is 11.4. The first-order valence-corrected chi connectivity index (χ1v) is 7.14. The summed E-state index contributed by atoms with van der Waals surface area (Å²) in [7, 11) is 0. The number of fused-ring (bicyclic) bond motifs is 1. The third-order valence-electron chi connectivity index (χ3n) is 3.32. The highest BCUT2D eigenvalue weighted by molar-refractivity contribution is 6.30. The number of nitrogens with zero attached hydrogens (tertiary/aromatic N) is 1. The number of rotatable bonds is 4. The third kappa shape index (κ3) is 3.35. The normalized spacial score (nSPS) is 12.8. The number of carbonyl (C=O) groups excluding carboxylic acids is 1. The van der Waals surface area contributed by atoms with Crippen molar-refractivity contribution in [3.63, 3.8) is 0 Å². The largest absolute Gasteiger partial charge is 0.481 e. The molecule has 1 aliphatic heterocycles. The Kier molecular flexibility index (Phi) is 4.03. The number of nitro benzene ring substituents is 1. The molecule has 0 aromatic heterocycles. The van der Waals surface area contributed by atoms with Gasteiger partial charge < -0.3 is 15.4 Å². The van der Waals surface area contributed by atoms with E-state index in [4.69, 9.17) is 16.3 Å². The van der Waals surface area contributed by atoms with Gasteiger partial charge in [-0.15, -0.1) is 0 Å². The Hall–Kier alpha value is -2.80. The van der Waals surface area contributed by atoms with Crippen LogP contribution in [0.3, 0.4) is 0 Å². The first kappa shape index (κ1) is 15.1. The molecule has 0 unspecified atom stereocenters. The van der Waals surface area contributed by atoms with E-state index in [9.17, 15) is 14.9 Å². The molecule has 0 atom stereocenters. The molecule has 0 spiro atoms.